The van der Waals surface area contributed by atoms with Gasteiger partial charge in [0.05, 0.1) is 12.8 Å². The molecule has 0 saturated carbocycles. The van der Waals surface area contributed by atoms with Crippen molar-refractivity contribution < 1.29 is 19.0 Å². The monoisotopic (exact) mass is 316 g/mol. The maximum Gasteiger partial charge on any atom is 0.271 e. The van der Waals surface area contributed by atoms with Crippen LogP contribution in [0, 0.1) is 5.82 Å². The van der Waals surface area contributed by atoms with Crippen LogP contribution in [-0.2, 0) is 0 Å². The summed E-state index contributed by atoms with van der Waals surface area (Å²) in [6.07, 6.45) is 2.19. The molecule has 0 unspecified atom stereocenters. The van der Waals surface area contributed by atoms with Gasteiger partial charge in [-0.3, -0.25) is 4.79 Å². The van der Waals surface area contributed by atoms with Crippen LogP contribution in [0.25, 0.3) is 0 Å². The number of rotatable bonds is 6. The number of amides is 1. The van der Waals surface area contributed by atoms with E-state index in [1.165, 1.54) is 36.5 Å². The highest BCUT2D eigenvalue weighted by Crippen LogP contribution is 2.22. The van der Waals surface area contributed by atoms with Crippen molar-refractivity contribution in [3.63, 3.8) is 0 Å². The summed E-state index contributed by atoms with van der Waals surface area (Å²) in [4.78, 5) is 11.8. The van der Waals surface area contributed by atoms with Gasteiger partial charge in [0.2, 0.25) is 0 Å². The number of nitrogens with zero attached hydrogens (tertiary/aromatic N) is 1. The lowest BCUT2D eigenvalue weighted by atomic mass is 10.2. The first-order valence-electron chi connectivity index (χ1n) is 7.15. The molecule has 2 N–H and O–H groups in total. The molecular formula is C17H17FN2O3. The Balaban J connectivity index is 1.97. The molecule has 6 heteroatoms. The maximum atomic E-state index is 12.8. The molecule has 0 fully saturated rings. The van der Waals surface area contributed by atoms with Gasteiger partial charge >= 0.3 is 0 Å². The van der Waals surface area contributed by atoms with Gasteiger partial charge in [-0.05, 0) is 42.8 Å². The van der Waals surface area contributed by atoms with Gasteiger partial charge in [-0.1, -0.05) is 6.92 Å². The van der Waals surface area contributed by atoms with E-state index in [1.54, 1.807) is 12.1 Å². The first kappa shape index (κ1) is 16.5. The molecule has 0 aromatic heterocycles. The first-order valence-corrected chi connectivity index (χ1v) is 7.15. The summed E-state index contributed by atoms with van der Waals surface area (Å²) < 4.78 is 18.2. The van der Waals surface area contributed by atoms with E-state index >= 15 is 0 Å². The fourth-order valence-electron chi connectivity index (χ4n) is 1.77. The molecule has 0 heterocycles. The highest BCUT2D eigenvalue weighted by molar-refractivity contribution is 5.95. The summed E-state index contributed by atoms with van der Waals surface area (Å²) in [5.41, 5.74) is 3.03. The van der Waals surface area contributed by atoms with Crippen LogP contribution < -0.4 is 10.2 Å². The summed E-state index contributed by atoms with van der Waals surface area (Å²) in [7, 11) is 0. The highest BCUT2D eigenvalue weighted by Gasteiger charge is 2.04. The second-order valence-corrected chi connectivity index (χ2v) is 4.78. The topological polar surface area (TPSA) is 70.9 Å². The molecule has 23 heavy (non-hydrogen) atoms. The van der Waals surface area contributed by atoms with Gasteiger partial charge in [-0.2, -0.15) is 5.10 Å². The fraction of sp³-hybridized carbons (Fsp3) is 0.176. The Hall–Kier alpha value is -2.89. The number of hydrogen-bond donors (Lipinski definition) is 2. The molecule has 0 atom stereocenters. The predicted molar refractivity (Wildman–Crippen MR) is 85.4 cm³/mol. The third kappa shape index (κ3) is 4.81. The van der Waals surface area contributed by atoms with Crippen molar-refractivity contribution in [3.05, 3.63) is 59.4 Å². The van der Waals surface area contributed by atoms with Gasteiger partial charge in [-0.15, -0.1) is 0 Å². The number of carbonyl (C=O) groups is 1. The lowest BCUT2D eigenvalue weighted by Crippen LogP contribution is -2.17. The van der Waals surface area contributed by atoms with Gasteiger partial charge in [0.15, 0.2) is 0 Å². The van der Waals surface area contributed by atoms with E-state index in [1.807, 2.05) is 6.92 Å². The van der Waals surface area contributed by atoms with E-state index in [-0.39, 0.29) is 11.3 Å². The molecule has 0 saturated heterocycles. The second-order valence-electron chi connectivity index (χ2n) is 4.78. The summed E-state index contributed by atoms with van der Waals surface area (Å²) in [5.74, 6) is -0.320. The highest BCUT2D eigenvalue weighted by atomic mass is 19.1. The van der Waals surface area contributed by atoms with Crippen molar-refractivity contribution in [3.8, 4) is 11.5 Å². The average Bonchev–Trinajstić information content (AvgIpc) is 2.55. The molecule has 2 aromatic carbocycles. The van der Waals surface area contributed by atoms with Crippen LogP contribution in [0.3, 0.4) is 0 Å². The fourth-order valence-corrected chi connectivity index (χ4v) is 1.77. The average molecular weight is 316 g/mol. The Kier molecular flexibility index (Phi) is 5.68. The van der Waals surface area contributed by atoms with Crippen LogP contribution >= 0.6 is 0 Å². The molecule has 0 radical (unpaired) electrons. The molecule has 0 spiro atoms. The maximum absolute atomic E-state index is 12.8. The zero-order valence-electron chi connectivity index (χ0n) is 12.6. The van der Waals surface area contributed by atoms with E-state index in [2.05, 4.69) is 10.5 Å². The summed E-state index contributed by atoms with van der Waals surface area (Å²) in [6, 6.07) is 9.93. The van der Waals surface area contributed by atoms with Gasteiger partial charge in [0.25, 0.3) is 5.91 Å². The van der Waals surface area contributed by atoms with Crippen molar-refractivity contribution in [2.45, 2.75) is 13.3 Å². The standard InChI is InChI=1S/C17H17FN2O3/c1-2-9-23-15-8-5-13(16(21)10-15)11-19-20-17(22)12-3-6-14(18)7-4-12/h3-8,10-11,21H,2,9H2,1H3,(H,20,22)/b19-11+. The molecule has 1 amide bonds. The summed E-state index contributed by atoms with van der Waals surface area (Å²) in [5, 5.41) is 13.7. The van der Waals surface area contributed by atoms with Crippen LogP contribution in [0.4, 0.5) is 4.39 Å². The smallest absolute Gasteiger partial charge is 0.271 e. The quantitative estimate of drug-likeness (QED) is 0.635. The van der Waals surface area contributed by atoms with E-state index in [9.17, 15) is 14.3 Å². The number of halogens is 1. The number of ether oxygens (including phenoxy) is 1. The summed E-state index contributed by atoms with van der Waals surface area (Å²) >= 11 is 0. The Bertz CT molecular complexity index is 699. The molecule has 2 aromatic rings. The van der Waals surface area contributed by atoms with E-state index in [4.69, 9.17) is 4.74 Å². The minimum absolute atomic E-state index is 0.00150. The van der Waals surface area contributed by atoms with Gasteiger partial charge in [-0.25, -0.2) is 9.82 Å². The van der Waals surface area contributed by atoms with Crippen molar-refractivity contribution in [2.24, 2.45) is 5.10 Å². The lowest BCUT2D eigenvalue weighted by Gasteiger charge is -2.06. The van der Waals surface area contributed by atoms with Crippen LogP contribution in [0.5, 0.6) is 11.5 Å². The largest absolute Gasteiger partial charge is 0.507 e. The Labute approximate surface area is 133 Å². The molecule has 5 nitrogen and oxygen atoms in total. The van der Waals surface area contributed by atoms with Gasteiger partial charge < -0.3 is 9.84 Å². The molecule has 120 valence electrons. The zero-order chi connectivity index (χ0) is 16.7. The minimum atomic E-state index is -0.469. The summed E-state index contributed by atoms with van der Waals surface area (Å²) in [6.45, 7) is 2.56. The molecule has 0 bridgehead atoms. The first-order chi connectivity index (χ1) is 11.1. The number of benzene rings is 2. The predicted octanol–water partition coefficient (Wildman–Crippen LogP) is 3.08. The number of hydrazone groups is 1. The van der Waals surface area contributed by atoms with Crippen LogP contribution in [0.1, 0.15) is 29.3 Å². The zero-order valence-corrected chi connectivity index (χ0v) is 12.6. The van der Waals surface area contributed by atoms with E-state index in [0.717, 1.165) is 6.42 Å². The normalized spacial score (nSPS) is 10.7. The third-order valence-electron chi connectivity index (χ3n) is 2.95. The van der Waals surface area contributed by atoms with Crippen molar-refractivity contribution in [2.75, 3.05) is 6.61 Å². The SMILES string of the molecule is CCCOc1ccc(/C=N/NC(=O)c2ccc(F)cc2)c(O)c1. The number of phenolic OH excluding ortho intramolecular Hbond substituents is 1. The molecule has 0 aliphatic heterocycles. The Morgan fingerprint density at radius 2 is 2.04 bits per heavy atom. The molecule has 0 aliphatic carbocycles. The van der Waals surface area contributed by atoms with Crippen LogP contribution in [0.15, 0.2) is 47.6 Å². The molecule has 2 rings (SSSR count). The molecular weight excluding hydrogens is 299 g/mol. The minimum Gasteiger partial charge on any atom is -0.507 e. The Morgan fingerprint density at radius 3 is 2.70 bits per heavy atom. The second kappa shape index (κ2) is 7.93. The van der Waals surface area contributed by atoms with Gasteiger partial charge in [0.1, 0.15) is 17.3 Å². The van der Waals surface area contributed by atoms with Crippen molar-refractivity contribution >= 4 is 12.1 Å². The number of phenols is 1. The van der Waals surface area contributed by atoms with Crippen LogP contribution in [-0.4, -0.2) is 23.8 Å². The van der Waals surface area contributed by atoms with Crippen LogP contribution in [0.2, 0.25) is 0 Å². The number of hydrogen-bond acceptors (Lipinski definition) is 4. The Morgan fingerprint density at radius 1 is 1.30 bits per heavy atom. The lowest BCUT2D eigenvalue weighted by molar-refractivity contribution is 0.0955. The number of carbonyl (C=O) groups excluding carboxylic acids is 1. The van der Waals surface area contributed by atoms with E-state index < -0.39 is 11.7 Å². The molecule has 0 aliphatic rings. The van der Waals surface area contributed by atoms with Crippen molar-refractivity contribution in [1.29, 1.82) is 0 Å². The number of nitrogens with one attached hydrogen (secondary N) is 1. The van der Waals surface area contributed by atoms with E-state index in [0.29, 0.717) is 17.9 Å². The number of aromatic hydroxyl groups is 1. The van der Waals surface area contributed by atoms with Gasteiger partial charge in [0, 0.05) is 17.2 Å². The van der Waals surface area contributed by atoms with Crippen molar-refractivity contribution in [1.82, 2.24) is 5.43 Å². The third-order valence-corrected chi connectivity index (χ3v) is 2.95.